The van der Waals surface area contributed by atoms with E-state index in [4.69, 9.17) is 4.98 Å². The number of hydrogen-bond acceptors (Lipinski definition) is 4. The monoisotopic (exact) mass is 417 g/mol. The van der Waals surface area contributed by atoms with Gasteiger partial charge in [-0.25, -0.2) is 4.98 Å². The van der Waals surface area contributed by atoms with Gasteiger partial charge in [0.25, 0.3) is 0 Å². The average molecular weight is 418 g/mol. The van der Waals surface area contributed by atoms with Crippen LogP contribution in [0.15, 0.2) is 48.5 Å². The second-order valence-corrected chi connectivity index (χ2v) is 8.71. The van der Waals surface area contributed by atoms with E-state index in [1.54, 1.807) is 0 Å². The number of hydrogen-bond donors (Lipinski definition) is 1. The summed E-state index contributed by atoms with van der Waals surface area (Å²) in [5, 5.41) is 0. The largest absolute Gasteiger partial charge is 0.368 e. The molecule has 3 heterocycles. The second kappa shape index (κ2) is 9.10. The van der Waals surface area contributed by atoms with Crippen molar-refractivity contribution in [2.75, 3.05) is 50.7 Å². The van der Waals surface area contributed by atoms with Gasteiger partial charge in [-0.05, 0) is 50.2 Å². The summed E-state index contributed by atoms with van der Waals surface area (Å²) in [6.07, 6.45) is 5.05. The molecule has 1 N–H and O–H groups in total. The van der Waals surface area contributed by atoms with Crippen LogP contribution in [-0.2, 0) is 4.79 Å². The molecular weight excluding hydrogens is 386 g/mol. The number of piperazine rings is 1. The number of nitrogens with zero attached hydrogens (tertiary/aromatic N) is 4. The Morgan fingerprint density at radius 1 is 0.871 bits per heavy atom. The van der Waals surface area contributed by atoms with E-state index in [9.17, 15) is 4.79 Å². The van der Waals surface area contributed by atoms with Gasteiger partial charge in [-0.2, -0.15) is 0 Å². The molecule has 31 heavy (non-hydrogen) atoms. The van der Waals surface area contributed by atoms with Gasteiger partial charge in [0, 0.05) is 37.4 Å². The van der Waals surface area contributed by atoms with E-state index in [1.165, 1.54) is 31.4 Å². The van der Waals surface area contributed by atoms with E-state index in [1.807, 2.05) is 23.1 Å². The standard InChI is InChI=1S/C25H31N5O/c31-24(19-28-12-5-1-2-6-13-28)30-16-14-29(15-17-30)21-9-7-8-20(18-21)25-26-22-10-3-4-11-23(22)27-25/h3-4,7-11,18H,1-2,5-6,12-17,19H2,(H,26,27). The summed E-state index contributed by atoms with van der Waals surface area (Å²) in [4.78, 5) is 27.7. The lowest BCUT2D eigenvalue weighted by Gasteiger charge is -2.37. The van der Waals surface area contributed by atoms with E-state index in [-0.39, 0.29) is 5.91 Å². The van der Waals surface area contributed by atoms with Crippen LogP contribution in [0.25, 0.3) is 22.4 Å². The molecule has 2 aromatic carbocycles. The second-order valence-electron chi connectivity index (χ2n) is 8.71. The average Bonchev–Trinajstić information content (AvgIpc) is 3.09. The molecule has 2 aliphatic rings. The first kappa shape index (κ1) is 20.1. The van der Waals surface area contributed by atoms with Crippen molar-refractivity contribution in [2.45, 2.75) is 25.7 Å². The first-order valence-corrected chi connectivity index (χ1v) is 11.6. The molecular formula is C25H31N5O. The van der Waals surface area contributed by atoms with Gasteiger partial charge in [0.1, 0.15) is 5.82 Å². The van der Waals surface area contributed by atoms with E-state index < -0.39 is 0 Å². The lowest BCUT2D eigenvalue weighted by Crippen LogP contribution is -2.51. The Hall–Kier alpha value is -2.86. The summed E-state index contributed by atoms with van der Waals surface area (Å²) >= 11 is 0. The quantitative estimate of drug-likeness (QED) is 0.702. The topological polar surface area (TPSA) is 55.5 Å². The van der Waals surface area contributed by atoms with Crippen LogP contribution in [0.2, 0.25) is 0 Å². The number of anilines is 1. The van der Waals surface area contributed by atoms with E-state index in [0.717, 1.165) is 61.7 Å². The highest BCUT2D eigenvalue weighted by atomic mass is 16.2. The number of H-pyrrole nitrogens is 1. The number of imidazole rings is 1. The van der Waals surface area contributed by atoms with Crippen molar-refractivity contribution in [3.8, 4) is 11.4 Å². The van der Waals surface area contributed by atoms with Crippen LogP contribution in [0.4, 0.5) is 5.69 Å². The number of nitrogens with one attached hydrogen (secondary N) is 1. The first-order valence-electron chi connectivity index (χ1n) is 11.6. The number of carbonyl (C=O) groups is 1. The highest BCUT2D eigenvalue weighted by Crippen LogP contribution is 2.25. The lowest BCUT2D eigenvalue weighted by atomic mass is 10.1. The van der Waals surface area contributed by atoms with Gasteiger partial charge >= 0.3 is 0 Å². The fraction of sp³-hybridized carbons (Fsp3) is 0.440. The van der Waals surface area contributed by atoms with Crippen LogP contribution < -0.4 is 4.90 Å². The molecule has 2 saturated heterocycles. The molecule has 0 radical (unpaired) electrons. The van der Waals surface area contributed by atoms with Crippen molar-refractivity contribution in [1.29, 1.82) is 0 Å². The minimum atomic E-state index is 0.289. The normalized spacial score (nSPS) is 18.3. The molecule has 2 fully saturated rings. The Morgan fingerprint density at radius 3 is 2.42 bits per heavy atom. The molecule has 1 amide bonds. The Morgan fingerprint density at radius 2 is 1.65 bits per heavy atom. The number of carbonyl (C=O) groups excluding carboxylic acids is 1. The molecule has 6 heteroatoms. The molecule has 5 rings (SSSR count). The Labute approximate surface area is 183 Å². The van der Waals surface area contributed by atoms with Crippen molar-refractivity contribution in [3.05, 3.63) is 48.5 Å². The molecule has 2 aliphatic heterocycles. The first-order chi connectivity index (χ1) is 15.3. The number of amides is 1. The van der Waals surface area contributed by atoms with Crippen LogP contribution in [-0.4, -0.2) is 71.5 Å². The maximum Gasteiger partial charge on any atom is 0.236 e. The number of aromatic amines is 1. The van der Waals surface area contributed by atoms with Gasteiger partial charge in [0.15, 0.2) is 0 Å². The zero-order valence-electron chi connectivity index (χ0n) is 18.1. The van der Waals surface area contributed by atoms with E-state index >= 15 is 0 Å². The highest BCUT2D eigenvalue weighted by molar-refractivity contribution is 5.80. The summed E-state index contributed by atoms with van der Waals surface area (Å²) in [6.45, 7) is 6.05. The van der Waals surface area contributed by atoms with Crippen LogP contribution >= 0.6 is 0 Å². The fourth-order valence-electron chi connectivity index (χ4n) is 4.74. The Balaban J connectivity index is 1.21. The van der Waals surface area contributed by atoms with Gasteiger partial charge in [0.05, 0.1) is 17.6 Å². The molecule has 0 atom stereocenters. The molecule has 0 aliphatic carbocycles. The summed E-state index contributed by atoms with van der Waals surface area (Å²) < 4.78 is 0. The van der Waals surface area contributed by atoms with Crippen LogP contribution in [0.1, 0.15) is 25.7 Å². The lowest BCUT2D eigenvalue weighted by molar-refractivity contribution is -0.132. The van der Waals surface area contributed by atoms with Gasteiger partial charge in [-0.1, -0.05) is 37.1 Å². The molecule has 1 aromatic heterocycles. The predicted molar refractivity (Wildman–Crippen MR) is 125 cm³/mol. The van der Waals surface area contributed by atoms with Gasteiger partial charge in [-0.3, -0.25) is 9.69 Å². The molecule has 0 saturated carbocycles. The molecule has 162 valence electrons. The number of rotatable bonds is 4. The third-order valence-electron chi connectivity index (χ3n) is 6.56. The third-order valence-corrected chi connectivity index (χ3v) is 6.56. The minimum absolute atomic E-state index is 0.289. The Bertz CT molecular complexity index is 996. The molecule has 0 bridgehead atoms. The molecule has 6 nitrogen and oxygen atoms in total. The zero-order chi connectivity index (χ0) is 21.0. The molecule has 0 unspecified atom stereocenters. The van der Waals surface area contributed by atoms with Gasteiger partial charge in [-0.15, -0.1) is 0 Å². The maximum atomic E-state index is 12.8. The summed E-state index contributed by atoms with van der Waals surface area (Å²) in [5.74, 6) is 1.19. The minimum Gasteiger partial charge on any atom is -0.368 e. The van der Waals surface area contributed by atoms with Crippen molar-refractivity contribution >= 4 is 22.6 Å². The van der Waals surface area contributed by atoms with Crippen molar-refractivity contribution < 1.29 is 4.79 Å². The number of aromatic nitrogens is 2. The van der Waals surface area contributed by atoms with Crippen molar-refractivity contribution in [1.82, 2.24) is 19.8 Å². The SMILES string of the molecule is O=C(CN1CCCCCC1)N1CCN(c2cccc(-c3nc4ccccc4[nH]3)c2)CC1. The maximum absolute atomic E-state index is 12.8. The number of likely N-dealkylation sites (tertiary alicyclic amines) is 1. The predicted octanol–water partition coefficient (Wildman–Crippen LogP) is 3.75. The fourth-order valence-corrected chi connectivity index (χ4v) is 4.74. The third kappa shape index (κ3) is 4.59. The Kier molecular flexibility index (Phi) is 5.89. The van der Waals surface area contributed by atoms with Crippen molar-refractivity contribution in [2.24, 2.45) is 0 Å². The van der Waals surface area contributed by atoms with E-state index in [0.29, 0.717) is 6.54 Å². The highest BCUT2D eigenvalue weighted by Gasteiger charge is 2.23. The van der Waals surface area contributed by atoms with Gasteiger partial charge < -0.3 is 14.8 Å². The number of fused-ring (bicyclic) bond motifs is 1. The summed E-state index contributed by atoms with van der Waals surface area (Å²) in [7, 11) is 0. The summed E-state index contributed by atoms with van der Waals surface area (Å²) in [5.41, 5.74) is 4.32. The summed E-state index contributed by atoms with van der Waals surface area (Å²) in [6, 6.07) is 16.7. The number of benzene rings is 2. The van der Waals surface area contributed by atoms with Gasteiger partial charge in [0.2, 0.25) is 5.91 Å². The smallest absolute Gasteiger partial charge is 0.236 e. The molecule has 3 aromatic rings. The number of para-hydroxylation sites is 2. The van der Waals surface area contributed by atoms with Crippen LogP contribution in [0.5, 0.6) is 0 Å². The van der Waals surface area contributed by atoms with Crippen LogP contribution in [0, 0.1) is 0 Å². The zero-order valence-corrected chi connectivity index (χ0v) is 18.1. The van der Waals surface area contributed by atoms with Crippen LogP contribution in [0.3, 0.4) is 0 Å². The molecule has 0 spiro atoms. The van der Waals surface area contributed by atoms with E-state index in [2.05, 4.69) is 45.1 Å². The van der Waals surface area contributed by atoms with Crippen molar-refractivity contribution in [3.63, 3.8) is 0 Å².